The van der Waals surface area contributed by atoms with Gasteiger partial charge in [0, 0.05) is 9.50 Å². The monoisotopic (exact) mass is 474 g/mol. The van der Waals surface area contributed by atoms with E-state index in [4.69, 9.17) is 32.7 Å². The van der Waals surface area contributed by atoms with Crippen molar-refractivity contribution >= 4 is 50.9 Å². The van der Waals surface area contributed by atoms with Gasteiger partial charge in [0.2, 0.25) is 0 Å². The molecule has 144 valence electrons. The number of rotatable bonds is 6. The Morgan fingerprint density at radius 2 is 1.81 bits per heavy atom. The van der Waals surface area contributed by atoms with Crippen LogP contribution in [0.3, 0.4) is 0 Å². The standard InChI is InChI=1S/C18H17BrCl2N2O4/c1-10-7-12(19)3-5-15(10)26-9-17(24)22-23-18(25)11(2)27-16-6-4-13(20)8-14(16)21/h3-8,11H,9H2,1-2H3,(H,22,24)(H,23,25). The van der Waals surface area contributed by atoms with Gasteiger partial charge in [0.15, 0.2) is 12.7 Å². The Kier molecular flexibility index (Phi) is 7.77. The van der Waals surface area contributed by atoms with Crippen LogP contribution in [-0.2, 0) is 9.59 Å². The summed E-state index contributed by atoms with van der Waals surface area (Å²) in [5.41, 5.74) is 5.42. The van der Waals surface area contributed by atoms with Gasteiger partial charge in [0.1, 0.15) is 11.5 Å². The lowest BCUT2D eigenvalue weighted by atomic mass is 10.2. The molecule has 0 saturated carbocycles. The van der Waals surface area contributed by atoms with Crippen LogP contribution in [0.2, 0.25) is 10.0 Å². The van der Waals surface area contributed by atoms with Crippen LogP contribution in [0.25, 0.3) is 0 Å². The minimum absolute atomic E-state index is 0.249. The van der Waals surface area contributed by atoms with Gasteiger partial charge in [-0.2, -0.15) is 0 Å². The first kappa shape index (κ1) is 21.3. The third-order valence-electron chi connectivity index (χ3n) is 3.39. The number of aryl methyl sites for hydroxylation is 1. The molecule has 2 amide bonds. The molecule has 27 heavy (non-hydrogen) atoms. The van der Waals surface area contributed by atoms with E-state index < -0.39 is 17.9 Å². The fourth-order valence-corrected chi connectivity index (χ4v) is 2.93. The number of ether oxygens (including phenoxy) is 2. The van der Waals surface area contributed by atoms with E-state index in [-0.39, 0.29) is 11.6 Å². The SMILES string of the molecule is Cc1cc(Br)ccc1OCC(=O)NNC(=O)C(C)Oc1ccc(Cl)cc1Cl. The number of nitrogens with one attached hydrogen (secondary N) is 2. The Balaban J connectivity index is 1.79. The minimum Gasteiger partial charge on any atom is -0.483 e. The van der Waals surface area contributed by atoms with Crippen molar-refractivity contribution < 1.29 is 19.1 Å². The molecular weight excluding hydrogens is 459 g/mol. The van der Waals surface area contributed by atoms with Gasteiger partial charge in [-0.25, -0.2) is 0 Å². The summed E-state index contributed by atoms with van der Waals surface area (Å²) in [5, 5.41) is 0.738. The minimum atomic E-state index is -0.890. The van der Waals surface area contributed by atoms with Gasteiger partial charge in [-0.3, -0.25) is 20.4 Å². The average molecular weight is 476 g/mol. The highest BCUT2D eigenvalue weighted by Crippen LogP contribution is 2.28. The predicted molar refractivity (Wildman–Crippen MR) is 107 cm³/mol. The summed E-state index contributed by atoms with van der Waals surface area (Å²) < 4.78 is 11.8. The zero-order chi connectivity index (χ0) is 20.0. The maximum Gasteiger partial charge on any atom is 0.279 e. The molecule has 0 aliphatic heterocycles. The van der Waals surface area contributed by atoms with E-state index in [0.717, 1.165) is 10.0 Å². The smallest absolute Gasteiger partial charge is 0.279 e. The number of carbonyl (C=O) groups is 2. The van der Waals surface area contributed by atoms with E-state index >= 15 is 0 Å². The number of hydrogen-bond acceptors (Lipinski definition) is 4. The Hall–Kier alpha value is -1.96. The Labute approximate surface area is 175 Å². The third-order valence-corrected chi connectivity index (χ3v) is 4.41. The second kappa shape index (κ2) is 9.82. The summed E-state index contributed by atoms with van der Waals surface area (Å²) in [4.78, 5) is 23.9. The van der Waals surface area contributed by atoms with E-state index in [1.807, 2.05) is 19.1 Å². The second-order valence-corrected chi connectivity index (χ2v) is 7.33. The van der Waals surface area contributed by atoms with Crippen molar-refractivity contribution in [2.75, 3.05) is 6.61 Å². The highest BCUT2D eigenvalue weighted by Gasteiger charge is 2.17. The van der Waals surface area contributed by atoms with E-state index in [2.05, 4.69) is 26.8 Å². The van der Waals surface area contributed by atoms with Crippen molar-refractivity contribution in [2.45, 2.75) is 20.0 Å². The van der Waals surface area contributed by atoms with Crippen molar-refractivity contribution in [1.29, 1.82) is 0 Å². The number of amides is 2. The van der Waals surface area contributed by atoms with E-state index in [0.29, 0.717) is 16.5 Å². The molecule has 0 aliphatic rings. The maximum atomic E-state index is 12.0. The molecule has 0 saturated heterocycles. The van der Waals surface area contributed by atoms with E-state index in [9.17, 15) is 9.59 Å². The summed E-state index contributed by atoms with van der Waals surface area (Å²) in [6.07, 6.45) is -0.890. The largest absolute Gasteiger partial charge is 0.483 e. The average Bonchev–Trinajstić information content (AvgIpc) is 2.61. The van der Waals surface area contributed by atoms with Gasteiger partial charge < -0.3 is 9.47 Å². The van der Waals surface area contributed by atoms with Gasteiger partial charge in [-0.1, -0.05) is 39.1 Å². The molecule has 0 aromatic heterocycles. The lowest BCUT2D eigenvalue weighted by Gasteiger charge is -2.16. The predicted octanol–water partition coefficient (Wildman–Crippen LogP) is 4.06. The molecule has 1 unspecified atom stereocenters. The van der Waals surface area contributed by atoms with Crippen LogP contribution in [0.4, 0.5) is 0 Å². The molecule has 0 fully saturated rings. The van der Waals surface area contributed by atoms with Crippen LogP contribution >= 0.6 is 39.1 Å². The third kappa shape index (κ3) is 6.61. The topological polar surface area (TPSA) is 76.7 Å². The molecule has 9 heteroatoms. The van der Waals surface area contributed by atoms with Crippen molar-refractivity contribution in [2.24, 2.45) is 0 Å². The summed E-state index contributed by atoms with van der Waals surface area (Å²) >= 11 is 15.2. The lowest BCUT2D eigenvalue weighted by molar-refractivity contribution is -0.133. The van der Waals surface area contributed by atoms with Gasteiger partial charge in [-0.15, -0.1) is 0 Å². The number of carbonyl (C=O) groups excluding carboxylic acids is 2. The fraction of sp³-hybridized carbons (Fsp3) is 0.222. The molecule has 0 bridgehead atoms. The van der Waals surface area contributed by atoms with Crippen LogP contribution in [0.1, 0.15) is 12.5 Å². The molecule has 6 nitrogen and oxygen atoms in total. The maximum absolute atomic E-state index is 12.0. The van der Waals surface area contributed by atoms with Gasteiger partial charge >= 0.3 is 0 Å². The molecular formula is C18H17BrCl2N2O4. The molecule has 2 rings (SSSR count). The molecule has 0 heterocycles. The second-order valence-electron chi connectivity index (χ2n) is 5.57. The van der Waals surface area contributed by atoms with Crippen molar-refractivity contribution in [3.63, 3.8) is 0 Å². The molecule has 2 N–H and O–H groups in total. The molecule has 0 aliphatic carbocycles. The Morgan fingerprint density at radius 1 is 1.11 bits per heavy atom. The molecule has 2 aromatic rings. The van der Waals surface area contributed by atoms with Gasteiger partial charge in [0.05, 0.1) is 5.02 Å². The normalized spacial score (nSPS) is 11.4. The summed E-state index contributed by atoms with van der Waals surface area (Å²) in [6.45, 7) is 3.13. The van der Waals surface area contributed by atoms with Gasteiger partial charge in [-0.05, 0) is 55.8 Å². The highest BCUT2D eigenvalue weighted by atomic mass is 79.9. The van der Waals surface area contributed by atoms with E-state index in [1.54, 1.807) is 18.2 Å². The van der Waals surface area contributed by atoms with Crippen LogP contribution in [0.15, 0.2) is 40.9 Å². The number of halogens is 3. The molecule has 0 spiro atoms. The zero-order valence-electron chi connectivity index (χ0n) is 14.5. The Bertz CT molecular complexity index is 848. The highest BCUT2D eigenvalue weighted by molar-refractivity contribution is 9.10. The van der Waals surface area contributed by atoms with Crippen molar-refractivity contribution in [1.82, 2.24) is 10.9 Å². The number of hydrogen-bond donors (Lipinski definition) is 2. The molecule has 0 radical (unpaired) electrons. The number of benzene rings is 2. The first-order chi connectivity index (χ1) is 12.8. The Morgan fingerprint density at radius 3 is 2.48 bits per heavy atom. The van der Waals surface area contributed by atoms with Crippen LogP contribution in [0.5, 0.6) is 11.5 Å². The summed E-state index contributed by atoms with van der Waals surface area (Å²) in [5.74, 6) is -0.172. The van der Waals surface area contributed by atoms with Crippen LogP contribution < -0.4 is 20.3 Å². The van der Waals surface area contributed by atoms with Crippen LogP contribution in [0, 0.1) is 6.92 Å². The molecule has 2 aromatic carbocycles. The zero-order valence-corrected chi connectivity index (χ0v) is 17.6. The molecule has 1 atom stereocenters. The first-order valence-corrected chi connectivity index (χ1v) is 9.40. The summed E-state index contributed by atoms with van der Waals surface area (Å²) in [6, 6.07) is 10.1. The van der Waals surface area contributed by atoms with Crippen LogP contribution in [-0.4, -0.2) is 24.5 Å². The summed E-state index contributed by atoms with van der Waals surface area (Å²) in [7, 11) is 0. The number of hydrazine groups is 1. The van der Waals surface area contributed by atoms with E-state index in [1.165, 1.54) is 13.0 Å². The van der Waals surface area contributed by atoms with Gasteiger partial charge in [0.25, 0.3) is 11.8 Å². The van der Waals surface area contributed by atoms with Crippen molar-refractivity contribution in [3.05, 3.63) is 56.5 Å². The quantitative estimate of drug-likeness (QED) is 0.617. The van der Waals surface area contributed by atoms with Crippen molar-refractivity contribution in [3.8, 4) is 11.5 Å². The fourth-order valence-electron chi connectivity index (χ4n) is 2.00. The first-order valence-electron chi connectivity index (χ1n) is 7.85. The lowest BCUT2D eigenvalue weighted by Crippen LogP contribution is -2.48.